The molecule has 1 atom stereocenters. The molecule has 0 aliphatic heterocycles. The highest BCUT2D eigenvalue weighted by molar-refractivity contribution is 7.92. The van der Waals surface area contributed by atoms with Crippen molar-refractivity contribution in [3.05, 3.63) is 29.6 Å². The predicted molar refractivity (Wildman–Crippen MR) is 91.9 cm³/mol. The van der Waals surface area contributed by atoms with E-state index in [2.05, 4.69) is 4.03 Å². The van der Waals surface area contributed by atoms with E-state index in [4.69, 9.17) is 5.14 Å². The van der Waals surface area contributed by atoms with Crippen molar-refractivity contribution in [3.8, 4) is 0 Å². The van der Waals surface area contributed by atoms with E-state index in [9.17, 15) is 13.7 Å². The van der Waals surface area contributed by atoms with Crippen LogP contribution in [0, 0.1) is 5.82 Å². The Morgan fingerprint density at radius 1 is 1.23 bits per heavy atom. The average Bonchev–Trinajstić information content (AvgIpc) is 2.24. The van der Waals surface area contributed by atoms with Crippen LogP contribution in [0.4, 0.5) is 4.39 Å². The second-order valence-electron chi connectivity index (χ2n) is 7.67. The molecule has 0 aliphatic carbocycles. The molecule has 4 nitrogen and oxygen atoms in total. The lowest BCUT2D eigenvalue weighted by molar-refractivity contribution is 0.0743. The van der Waals surface area contributed by atoms with Gasteiger partial charge in [-0.25, -0.2) is 13.7 Å². The van der Waals surface area contributed by atoms with E-state index in [0.717, 1.165) is 0 Å². The Morgan fingerprint density at radius 3 is 2.14 bits per heavy atom. The zero-order chi connectivity index (χ0) is 17.6. The van der Waals surface area contributed by atoms with Crippen molar-refractivity contribution in [2.45, 2.75) is 63.2 Å². The Balaban J connectivity index is 3.52. The van der Waals surface area contributed by atoms with Crippen LogP contribution < -0.4 is 5.14 Å². The van der Waals surface area contributed by atoms with Gasteiger partial charge in [0.1, 0.15) is 15.7 Å². The van der Waals surface area contributed by atoms with Gasteiger partial charge in [0.25, 0.3) is 0 Å². The van der Waals surface area contributed by atoms with Crippen molar-refractivity contribution in [2.24, 2.45) is 9.17 Å². The van der Waals surface area contributed by atoms with E-state index in [0.29, 0.717) is 0 Å². The molecule has 0 bridgehead atoms. The van der Waals surface area contributed by atoms with E-state index >= 15 is 0 Å². The SMILES string of the molecule is CC(C)(O)c1cc(S(N)(=O)=N[Si](C)(C)C(C)(C)C)ccc1F. The molecule has 0 spiro atoms. The van der Waals surface area contributed by atoms with Gasteiger partial charge < -0.3 is 5.11 Å². The molecular weight excluding hydrogens is 319 g/mol. The van der Waals surface area contributed by atoms with Crippen LogP contribution in [0.3, 0.4) is 0 Å². The van der Waals surface area contributed by atoms with E-state index in [1.807, 2.05) is 33.9 Å². The van der Waals surface area contributed by atoms with Gasteiger partial charge in [0, 0.05) is 5.56 Å². The third-order valence-electron chi connectivity index (χ3n) is 4.13. The molecule has 1 aromatic rings. The number of nitrogens with zero attached hydrogens (tertiary/aromatic N) is 1. The third kappa shape index (κ3) is 4.16. The normalized spacial score (nSPS) is 16.3. The van der Waals surface area contributed by atoms with E-state index in [1.54, 1.807) is 0 Å². The molecule has 0 radical (unpaired) electrons. The fourth-order valence-electron chi connectivity index (χ4n) is 1.68. The van der Waals surface area contributed by atoms with E-state index in [-0.39, 0.29) is 15.5 Å². The number of rotatable bonds is 3. The van der Waals surface area contributed by atoms with Crippen LogP contribution in [0.25, 0.3) is 0 Å². The summed E-state index contributed by atoms with van der Waals surface area (Å²) in [6.45, 7) is 13.1. The summed E-state index contributed by atoms with van der Waals surface area (Å²) in [5.41, 5.74) is -1.32. The molecule has 0 amide bonds. The molecule has 0 saturated carbocycles. The Morgan fingerprint density at radius 2 is 1.73 bits per heavy atom. The molecule has 0 heterocycles. The van der Waals surface area contributed by atoms with Gasteiger partial charge in [-0.3, -0.25) is 4.03 Å². The van der Waals surface area contributed by atoms with Crippen LogP contribution in [-0.2, 0) is 15.5 Å². The summed E-state index contributed by atoms with van der Waals surface area (Å²) in [6, 6.07) is 3.91. The minimum absolute atomic E-state index is 0.0635. The van der Waals surface area contributed by atoms with Crippen LogP contribution in [0.5, 0.6) is 0 Å². The van der Waals surface area contributed by atoms with Gasteiger partial charge in [-0.1, -0.05) is 20.8 Å². The number of halogens is 1. The van der Waals surface area contributed by atoms with E-state index < -0.39 is 29.6 Å². The smallest absolute Gasteiger partial charge is 0.195 e. The lowest BCUT2D eigenvalue weighted by Crippen LogP contribution is -2.37. The number of nitrogens with two attached hydrogens (primary N) is 1. The molecule has 1 aromatic carbocycles. The Hall–Kier alpha value is -0.763. The number of hydrogen-bond acceptors (Lipinski definition) is 3. The molecule has 3 N–H and O–H groups in total. The summed E-state index contributed by atoms with van der Waals surface area (Å²) in [7, 11) is -5.37. The molecule has 7 heteroatoms. The van der Waals surface area contributed by atoms with Crippen molar-refractivity contribution in [1.82, 2.24) is 0 Å². The molecule has 0 fully saturated rings. The minimum atomic E-state index is -3.14. The molecular formula is C15H27FN2O2SSi. The monoisotopic (exact) mass is 346 g/mol. The van der Waals surface area contributed by atoms with Gasteiger partial charge in [0.15, 0.2) is 8.24 Å². The van der Waals surface area contributed by atoms with Crippen LogP contribution in [0.15, 0.2) is 27.1 Å². The highest BCUT2D eigenvalue weighted by Gasteiger charge is 2.37. The highest BCUT2D eigenvalue weighted by Crippen LogP contribution is 2.38. The van der Waals surface area contributed by atoms with Crippen LogP contribution >= 0.6 is 0 Å². The third-order valence-corrected chi connectivity index (χ3v) is 11.6. The topological polar surface area (TPSA) is 75.7 Å². The zero-order valence-corrected chi connectivity index (χ0v) is 16.2. The maximum Gasteiger partial charge on any atom is 0.195 e. The zero-order valence-electron chi connectivity index (χ0n) is 14.4. The number of benzene rings is 1. The van der Waals surface area contributed by atoms with Gasteiger partial charge in [0.2, 0.25) is 0 Å². The Kier molecular flexibility index (Phi) is 5.00. The maximum absolute atomic E-state index is 13.9. The largest absolute Gasteiger partial charge is 0.386 e. The van der Waals surface area contributed by atoms with Crippen LogP contribution in [0.2, 0.25) is 18.1 Å². The van der Waals surface area contributed by atoms with Crippen molar-refractivity contribution >= 4 is 18.2 Å². The quantitative estimate of drug-likeness (QED) is 0.818. The Bertz CT molecular complexity index is 682. The van der Waals surface area contributed by atoms with Crippen LogP contribution in [0.1, 0.15) is 40.2 Å². The molecule has 126 valence electrons. The van der Waals surface area contributed by atoms with Gasteiger partial charge >= 0.3 is 0 Å². The number of aliphatic hydroxyl groups is 1. The standard InChI is InChI=1S/C15H27FN2O2SSi/c1-14(2,3)22(6,7)18-21(17,20)11-8-9-13(16)12(10-11)15(4,5)19/h8-10,19H,1-7H3,(H2,17,18,20). The Labute approximate surface area is 134 Å². The second-order valence-corrected chi connectivity index (χ2v) is 14.6. The summed E-state index contributed by atoms with van der Waals surface area (Å²) in [4.78, 5) is 0.246. The summed E-state index contributed by atoms with van der Waals surface area (Å²) in [5, 5.41) is 15.9. The molecule has 22 heavy (non-hydrogen) atoms. The fraction of sp³-hybridized carbons (Fsp3) is 0.600. The molecule has 0 aliphatic rings. The summed E-state index contributed by atoms with van der Waals surface area (Å²) in [6.07, 6.45) is 0. The first-order chi connectivity index (χ1) is 9.58. The van der Waals surface area contributed by atoms with Gasteiger partial charge in [-0.15, -0.1) is 0 Å². The molecule has 1 rings (SSSR count). The lowest BCUT2D eigenvalue weighted by atomic mass is 9.98. The van der Waals surface area contributed by atoms with Gasteiger partial charge in [-0.05, 0) is 50.2 Å². The highest BCUT2D eigenvalue weighted by atomic mass is 32.2. The average molecular weight is 347 g/mol. The van der Waals surface area contributed by atoms with Crippen LogP contribution in [-0.4, -0.2) is 17.6 Å². The lowest BCUT2D eigenvalue weighted by Gasteiger charge is -2.32. The first-order valence-electron chi connectivity index (χ1n) is 7.16. The maximum atomic E-state index is 13.9. The first kappa shape index (κ1) is 19.3. The first-order valence-corrected chi connectivity index (χ1v) is 11.7. The summed E-state index contributed by atoms with van der Waals surface area (Å²) < 4.78 is 31.2. The fourth-order valence-corrected chi connectivity index (χ4v) is 6.46. The minimum Gasteiger partial charge on any atom is -0.386 e. The molecule has 0 saturated heterocycles. The molecule has 0 aromatic heterocycles. The summed E-state index contributed by atoms with van der Waals surface area (Å²) >= 11 is 0. The molecule has 1 unspecified atom stereocenters. The second kappa shape index (κ2) is 5.70. The van der Waals surface area contributed by atoms with Crippen molar-refractivity contribution in [1.29, 1.82) is 0 Å². The number of hydrogen-bond donors (Lipinski definition) is 2. The van der Waals surface area contributed by atoms with Crippen molar-refractivity contribution in [2.75, 3.05) is 0 Å². The van der Waals surface area contributed by atoms with Crippen molar-refractivity contribution < 1.29 is 13.7 Å². The van der Waals surface area contributed by atoms with Crippen molar-refractivity contribution in [3.63, 3.8) is 0 Å². The van der Waals surface area contributed by atoms with Gasteiger partial charge in [0.05, 0.1) is 10.5 Å². The predicted octanol–water partition coefficient (Wildman–Crippen LogP) is 3.76. The van der Waals surface area contributed by atoms with E-state index in [1.165, 1.54) is 32.0 Å². The van der Waals surface area contributed by atoms with Gasteiger partial charge in [-0.2, -0.15) is 0 Å². The summed E-state index contributed by atoms with van der Waals surface area (Å²) in [5.74, 6) is -0.557.